The minimum Gasteiger partial charge on any atom is -0.481 e. The van der Waals surface area contributed by atoms with E-state index in [2.05, 4.69) is 9.72 Å². The van der Waals surface area contributed by atoms with E-state index in [4.69, 9.17) is 10.00 Å². The number of methoxy groups -OCH3 is 1. The number of nitrogens with zero attached hydrogens (tertiary/aromatic N) is 2. The summed E-state index contributed by atoms with van der Waals surface area (Å²) in [6.45, 7) is 1.62. The van der Waals surface area contributed by atoms with Gasteiger partial charge in [-0.3, -0.25) is 0 Å². The fraction of sp³-hybridized carbons (Fsp3) is 0.400. The molecule has 0 saturated heterocycles. The van der Waals surface area contributed by atoms with Gasteiger partial charge in [0.25, 0.3) is 0 Å². The van der Waals surface area contributed by atoms with Gasteiger partial charge in [0.1, 0.15) is 0 Å². The second kappa shape index (κ2) is 4.91. The SMILES string of the molecule is COc1nc(OC(F)(F)F)c(CC#N)cc1C. The van der Waals surface area contributed by atoms with Gasteiger partial charge in [-0.1, -0.05) is 0 Å². The van der Waals surface area contributed by atoms with Crippen molar-refractivity contribution >= 4 is 0 Å². The van der Waals surface area contributed by atoms with Crippen LogP contribution in [0.4, 0.5) is 13.2 Å². The van der Waals surface area contributed by atoms with Crippen LogP contribution in [0, 0.1) is 18.3 Å². The summed E-state index contributed by atoms with van der Waals surface area (Å²) in [6, 6.07) is 3.13. The maximum Gasteiger partial charge on any atom is 0.574 e. The molecule has 0 bridgehead atoms. The third-order valence-electron chi connectivity index (χ3n) is 1.88. The molecule has 0 aliphatic rings. The molecule has 1 heterocycles. The minimum absolute atomic E-state index is 0.0333. The fourth-order valence-corrected chi connectivity index (χ4v) is 1.25. The van der Waals surface area contributed by atoms with Gasteiger partial charge < -0.3 is 9.47 Å². The van der Waals surface area contributed by atoms with Crippen LogP contribution in [0.2, 0.25) is 0 Å². The molecular formula is C10H9F3N2O2. The van der Waals surface area contributed by atoms with Gasteiger partial charge in [-0.2, -0.15) is 10.2 Å². The van der Waals surface area contributed by atoms with E-state index in [9.17, 15) is 13.2 Å². The quantitative estimate of drug-likeness (QED) is 0.821. The highest BCUT2D eigenvalue weighted by molar-refractivity contribution is 5.38. The van der Waals surface area contributed by atoms with Crippen molar-refractivity contribution in [1.29, 1.82) is 5.26 Å². The van der Waals surface area contributed by atoms with Crippen molar-refractivity contribution in [1.82, 2.24) is 4.98 Å². The third kappa shape index (κ3) is 3.52. The predicted octanol–water partition coefficient (Wildman–Crippen LogP) is 2.36. The Kier molecular flexibility index (Phi) is 3.78. The summed E-state index contributed by atoms with van der Waals surface area (Å²) in [7, 11) is 1.29. The molecule has 92 valence electrons. The summed E-state index contributed by atoms with van der Waals surface area (Å²) in [6.07, 6.45) is -5.07. The highest BCUT2D eigenvalue weighted by Gasteiger charge is 2.33. The summed E-state index contributed by atoms with van der Waals surface area (Å²) in [5.74, 6) is -0.618. The number of aryl methyl sites for hydroxylation is 1. The van der Waals surface area contributed by atoms with Crippen molar-refractivity contribution in [3.63, 3.8) is 0 Å². The summed E-state index contributed by atoms with van der Waals surface area (Å²) in [5, 5.41) is 8.51. The number of hydrogen-bond donors (Lipinski definition) is 0. The van der Waals surface area contributed by atoms with Crippen LogP contribution in [0.25, 0.3) is 0 Å². The molecule has 7 heteroatoms. The second-order valence-electron chi connectivity index (χ2n) is 3.16. The molecule has 0 N–H and O–H groups in total. The van der Waals surface area contributed by atoms with Gasteiger partial charge in [-0.05, 0) is 13.0 Å². The number of rotatable bonds is 3. The first-order chi connectivity index (χ1) is 7.87. The Balaban J connectivity index is 3.20. The van der Waals surface area contributed by atoms with Crippen LogP contribution in [-0.2, 0) is 6.42 Å². The number of ether oxygens (including phenoxy) is 2. The lowest BCUT2D eigenvalue weighted by molar-refractivity contribution is -0.276. The van der Waals surface area contributed by atoms with E-state index in [1.54, 1.807) is 13.0 Å². The molecule has 0 aliphatic carbocycles. The standard InChI is InChI=1S/C10H9F3N2O2/c1-6-5-7(3-4-14)9(15-8(6)16-2)17-10(11,12)13/h5H,3H2,1-2H3. The number of nitriles is 1. The number of aromatic nitrogens is 1. The average Bonchev–Trinajstić information content (AvgIpc) is 2.20. The number of hydrogen-bond acceptors (Lipinski definition) is 4. The Hall–Kier alpha value is -1.97. The normalized spacial score (nSPS) is 10.8. The van der Waals surface area contributed by atoms with E-state index < -0.39 is 12.2 Å². The van der Waals surface area contributed by atoms with E-state index in [1.165, 1.54) is 13.2 Å². The largest absolute Gasteiger partial charge is 0.574 e. The van der Waals surface area contributed by atoms with Crippen molar-refractivity contribution in [2.24, 2.45) is 0 Å². The lowest BCUT2D eigenvalue weighted by Crippen LogP contribution is -2.19. The van der Waals surface area contributed by atoms with E-state index in [-0.39, 0.29) is 17.9 Å². The van der Waals surface area contributed by atoms with Crippen LogP contribution >= 0.6 is 0 Å². The topological polar surface area (TPSA) is 55.1 Å². The number of halogens is 3. The van der Waals surface area contributed by atoms with Crippen molar-refractivity contribution in [3.05, 3.63) is 17.2 Å². The predicted molar refractivity (Wildman–Crippen MR) is 51.5 cm³/mol. The van der Waals surface area contributed by atoms with Crippen LogP contribution in [-0.4, -0.2) is 18.5 Å². The molecule has 1 aromatic heterocycles. The monoisotopic (exact) mass is 246 g/mol. The van der Waals surface area contributed by atoms with Crippen molar-refractivity contribution in [2.45, 2.75) is 19.7 Å². The Labute approximate surface area is 95.6 Å². The van der Waals surface area contributed by atoms with E-state index in [0.29, 0.717) is 5.56 Å². The van der Waals surface area contributed by atoms with Gasteiger partial charge in [-0.15, -0.1) is 13.2 Å². The molecule has 4 nitrogen and oxygen atoms in total. The van der Waals surface area contributed by atoms with E-state index in [0.717, 1.165) is 0 Å². The molecule has 0 atom stereocenters. The Morgan fingerprint density at radius 3 is 2.53 bits per heavy atom. The molecule has 0 saturated carbocycles. The molecular weight excluding hydrogens is 237 g/mol. The lowest BCUT2D eigenvalue weighted by Gasteiger charge is -2.13. The maximum absolute atomic E-state index is 12.1. The summed E-state index contributed by atoms with van der Waals surface area (Å²) in [5.41, 5.74) is 0.607. The molecule has 0 amide bonds. The molecule has 17 heavy (non-hydrogen) atoms. The first-order valence-corrected chi connectivity index (χ1v) is 4.54. The molecule has 0 spiro atoms. The Bertz CT molecular complexity index is 452. The molecule has 0 aliphatic heterocycles. The fourth-order valence-electron chi connectivity index (χ4n) is 1.25. The van der Waals surface area contributed by atoms with Crippen LogP contribution in [0.1, 0.15) is 11.1 Å². The van der Waals surface area contributed by atoms with E-state index in [1.807, 2.05) is 0 Å². The van der Waals surface area contributed by atoms with Gasteiger partial charge in [0.05, 0.1) is 19.6 Å². The molecule has 0 radical (unpaired) electrons. The summed E-state index contributed by atoms with van der Waals surface area (Å²) in [4.78, 5) is 3.58. The average molecular weight is 246 g/mol. The first kappa shape index (κ1) is 13.1. The molecule has 1 rings (SSSR count). The first-order valence-electron chi connectivity index (χ1n) is 4.54. The van der Waals surface area contributed by atoms with E-state index >= 15 is 0 Å². The zero-order valence-electron chi connectivity index (χ0n) is 9.13. The Morgan fingerprint density at radius 2 is 2.06 bits per heavy atom. The van der Waals surface area contributed by atoms with Crippen LogP contribution in [0.5, 0.6) is 11.8 Å². The molecule has 0 unspecified atom stereocenters. The number of alkyl halides is 3. The lowest BCUT2D eigenvalue weighted by atomic mass is 10.1. The summed E-state index contributed by atoms with van der Waals surface area (Å²) >= 11 is 0. The molecule has 0 fully saturated rings. The highest BCUT2D eigenvalue weighted by atomic mass is 19.4. The van der Waals surface area contributed by atoms with Crippen molar-refractivity contribution in [3.8, 4) is 17.8 Å². The van der Waals surface area contributed by atoms with Crippen LogP contribution in [0.3, 0.4) is 0 Å². The van der Waals surface area contributed by atoms with Gasteiger partial charge in [0.2, 0.25) is 11.8 Å². The van der Waals surface area contributed by atoms with Crippen molar-refractivity contribution in [2.75, 3.05) is 7.11 Å². The maximum atomic E-state index is 12.1. The minimum atomic E-state index is -4.85. The van der Waals surface area contributed by atoms with Gasteiger partial charge in [0, 0.05) is 11.1 Å². The third-order valence-corrected chi connectivity index (χ3v) is 1.88. The second-order valence-corrected chi connectivity index (χ2v) is 3.16. The van der Waals surface area contributed by atoms with Crippen molar-refractivity contribution < 1.29 is 22.6 Å². The zero-order valence-corrected chi connectivity index (χ0v) is 9.13. The highest BCUT2D eigenvalue weighted by Crippen LogP contribution is 2.29. The molecule has 0 aromatic carbocycles. The summed E-state index contributed by atoms with van der Waals surface area (Å²) < 4.78 is 44.9. The van der Waals surface area contributed by atoms with Gasteiger partial charge in [0.15, 0.2) is 0 Å². The van der Waals surface area contributed by atoms with Gasteiger partial charge in [-0.25, -0.2) is 0 Å². The zero-order chi connectivity index (χ0) is 13.1. The smallest absolute Gasteiger partial charge is 0.481 e. The Morgan fingerprint density at radius 1 is 1.41 bits per heavy atom. The van der Waals surface area contributed by atoms with Gasteiger partial charge >= 0.3 is 6.36 Å². The van der Waals surface area contributed by atoms with Crippen LogP contribution in [0.15, 0.2) is 6.07 Å². The number of pyridine rings is 1. The molecule has 1 aromatic rings. The van der Waals surface area contributed by atoms with Crippen LogP contribution < -0.4 is 9.47 Å².